The second-order valence-electron chi connectivity index (χ2n) is 5.30. The van der Waals surface area contributed by atoms with Crippen molar-refractivity contribution in [1.29, 1.82) is 0 Å². The minimum Gasteiger partial charge on any atom is -0.466 e. The predicted molar refractivity (Wildman–Crippen MR) is 77.5 cm³/mol. The van der Waals surface area contributed by atoms with Gasteiger partial charge in [-0.3, -0.25) is 4.79 Å². The first-order valence-electron chi connectivity index (χ1n) is 7.10. The Morgan fingerprint density at radius 3 is 2.58 bits per heavy atom. The van der Waals surface area contributed by atoms with Gasteiger partial charge in [0.1, 0.15) is 0 Å². The second-order valence-corrected chi connectivity index (χ2v) is 5.30. The van der Waals surface area contributed by atoms with Crippen LogP contribution in [0.5, 0.6) is 0 Å². The number of anilines is 1. The molecule has 0 unspecified atom stereocenters. The summed E-state index contributed by atoms with van der Waals surface area (Å²) in [6.07, 6.45) is 1.79. The van der Waals surface area contributed by atoms with Crippen LogP contribution in [-0.2, 0) is 9.53 Å². The number of hydrogen-bond acceptors (Lipinski definition) is 3. The molecule has 0 bridgehead atoms. The average Bonchev–Trinajstić information content (AvgIpc) is 2.39. The molecular weight excluding hydrogens is 238 g/mol. The van der Waals surface area contributed by atoms with Crippen molar-refractivity contribution >= 4 is 11.7 Å². The Morgan fingerprint density at radius 1 is 1.32 bits per heavy atom. The summed E-state index contributed by atoms with van der Waals surface area (Å²) in [6.45, 7) is 8.49. The number of esters is 1. The first-order chi connectivity index (χ1) is 9.11. The van der Waals surface area contributed by atoms with Crippen molar-refractivity contribution in [2.75, 3.05) is 24.6 Å². The second kappa shape index (κ2) is 6.09. The van der Waals surface area contributed by atoms with Gasteiger partial charge in [0, 0.05) is 18.8 Å². The monoisotopic (exact) mass is 261 g/mol. The summed E-state index contributed by atoms with van der Waals surface area (Å²) < 4.78 is 5.10. The molecule has 19 heavy (non-hydrogen) atoms. The molecule has 0 aliphatic carbocycles. The van der Waals surface area contributed by atoms with Gasteiger partial charge in [-0.2, -0.15) is 0 Å². The standard InChI is InChI=1S/C16H23NO2/c1-4-19-16(18)14-7-9-17(10-8-14)15-6-5-12(2)11-13(15)3/h5-6,11,14H,4,7-10H2,1-3H3. The van der Waals surface area contributed by atoms with Gasteiger partial charge in [0.25, 0.3) is 0 Å². The van der Waals surface area contributed by atoms with Crippen LogP contribution in [0.1, 0.15) is 30.9 Å². The molecule has 1 heterocycles. The molecule has 104 valence electrons. The third-order valence-corrected chi connectivity index (χ3v) is 3.81. The zero-order valence-electron chi connectivity index (χ0n) is 12.1. The largest absolute Gasteiger partial charge is 0.466 e. The maximum atomic E-state index is 11.7. The number of aryl methyl sites for hydroxylation is 2. The highest BCUT2D eigenvalue weighted by molar-refractivity contribution is 5.73. The van der Waals surface area contributed by atoms with E-state index in [1.807, 2.05) is 6.92 Å². The number of ether oxygens (including phenoxy) is 1. The fraction of sp³-hybridized carbons (Fsp3) is 0.562. The van der Waals surface area contributed by atoms with Gasteiger partial charge in [0.15, 0.2) is 0 Å². The van der Waals surface area contributed by atoms with Crippen LogP contribution in [0.4, 0.5) is 5.69 Å². The fourth-order valence-corrected chi connectivity index (χ4v) is 2.78. The molecule has 0 saturated carbocycles. The average molecular weight is 261 g/mol. The SMILES string of the molecule is CCOC(=O)C1CCN(c2ccc(C)cc2C)CC1. The summed E-state index contributed by atoms with van der Waals surface area (Å²) in [6, 6.07) is 6.56. The quantitative estimate of drug-likeness (QED) is 0.783. The van der Waals surface area contributed by atoms with E-state index < -0.39 is 0 Å². The predicted octanol–water partition coefficient (Wildman–Crippen LogP) is 3.08. The van der Waals surface area contributed by atoms with Gasteiger partial charge in [-0.15, -0.1) is 0 Å². The van der Waals surface area contributed by atoms with Gasteiger partial charge >= 0.3 is 5.97 Å². The molecular formula is C16H23NO2. The lowest BCUT2D eigenvalue weighted by Gasteiger charge is -2.33. The molecule has 2 rings (SSSR count). The van der Waals surface area contributed by atoms with Gasteiger partial charge in [-0.1, -0.05) is 17.7 Å². The summed E-state index contributed by atoms with van der Waals surface area (Å²) in [5.74, 6) is 0.0599. The van der Waals surface area contributed by atoms with E-state index in [-0.39, 0.29) is 11.9 Å². The number of nitrogens with zero attached hydrogens (tertiary/aromatic N) is 1. The molecule has 3 nitrogen and oxygen atoms in total. The topological polar surface area (TPSA) is 29.5 Å². The number of benzene rings is 1. The maximum absolute atomic E-state index is 11.7. The van der Waals surface area contributed by atoms with E-state index in [2.05, 4.69) is 36.9 Å². The highest BCUT2D eigenvalue weighted by Crippen LogP contribution is 2.27. The lowest BCUT2D eigenvalue weighted by Crippen LogP contribution is -2.37. The van der Waals surface area contributed by atoms with Crippen molar-refractivity contribution in [3.63, 3.8) is 0 Å². The summed E-state index contributed by atoms with van der Waals surface area (Å²) in [4.78, 5) is 14.1. The highest BCUT2D eigenvalue weighted by atomic mass is 16.5. The van der Waals surface area contributed by atoms with E-state index in [4.69, 9.17) is 4.74 Å². The normalized spacial score (nSPS) is 16.5. The maximum Gasteiger partial charge on any atom is 0.309 e. The van der Waals surface area contributed by atoms with Crippen LogP contribution in [0.3, 0.4) is 0 Å². The van der Waals surface area contributed by atoms with Gasteiger partial charge in [0.05, 0.1) is 12.5 Å². The molecule has 1 saturated heterocycles. The lowest BCUT2D eigenvalue weighted by atomic mass is 9.96. The number of hydrogen-bond donors (Lipinski definition) is 0. The Hall–Kier alpha value is -1.51. The summed E-state index contributed by atoms with van der Waals surface area (Å²) in [7, 11) is 0. The molecule has 0 atom stereocenters. The number of carbonyl (C=O) groups excluding carboxylic acids is 1. The molecule has 1 fully saturated rings. The number of carbonyl (C=O) groups is 1. The fourth-order valence-electron chi connectivity index (χ4n) is 2.78. The molecule has 1 aliphatic rings. The Labute approximate surface area is 115 Å². The highest BCUT2D eigenvalue weighted by Gasteiger charge is 2.26. The molecule has 0 aromatic heterocycles. The minimum atomic E-state index is -0.0252. The van der Waals surface area contributed by atoms with Crippen LogP contribution in [0.25, 0.3) is 0 Å². The smallest absolute Gasteiger partial charge is 0.309 e. The van der Waals surface area contributed by atoms with E-state index in [1.165, 1.54) is 16.8 Å². The Morgan fingerprint density at radius 2 is 2.00 bits per heavy atom. The molecule has 1 aliphatic heterocycles. The molecule has 0 spiro atoms. The van der Waals surface area contributed by atoms with Crippen LogP contribution in [0, 0.1) is 19.8 Å². The third-order valence-electron chi connectivity index (χ3n) is 3.81. The van der Waals surface area contributed by atoms with Crippen molar-refractivity contribution in [1.82, 2.24) is 0 Å². The third kappa shape index (κ3) is 3.28. The summed E-state index contributed by atoms with van der Waals surface area (Å²) in [5.41, 5.74) is 3.91. The molecule has 1 aromatic rings. The summed E-state index contributed by atoms with van der Waals surface area (Å²) >= 11 is 0. The lowest BCUT2D eigenvalue weighted by molar-refractivity contribution is -0.148. The Balaban J connectivity index is 1.98. The number of rotatable bonds is 3. The van der Waals surface area contributed by atoms with Crippen LogP contribution >= 0.6 is 0 Å². The first-order valence-corrected chi connectivity index (χ1v) is 7.10. The van der Waals surface area contributed by atoms with Crippen molar-refractivity contribution < 1.29 is 9.53 Å². The van der Waals surface area contributed by atoms with E-state index >= 15 is 0 Å². The van der Waals surface area contributed by atoms with E-state index in [9.17, 15) is 4.79 Å². The molecule has 0 radical (unpaired) electrons. The van der Waals surface area contributed by atoms with Crippen LogP contribution in [0.2, 0.25) is 0 Å². The molecule has 0 N–H and O–H groups in total. The van der Waals surface area contributed by atoms with Gasteiger partial charge in [-0.25, -0.2) is 0 Å². The number of piperidine rings is 1. The van der Waals surface area contributed by atoms with E-state index in [0.29, 0.717) is 6.61 Å². The molecule has 0 amide bonds. The van der Waals surface area contributed by atoms with Crippen LogP contribution < -0.4 is 4.90 Å². The Kier molecular flexibility index (Phi) is 4.46. The van der Waals surface area contributed by atoms with Crippen LogP contribution in [-0.4, -0.2) is 25.7 Å². The van der Waals surface area contributed by atoms with Crippen molar-refractivity contribution in [2.24, 2.45) is 5.92 Å². The van der Waals surface area contributed by atoms with Crippen molar-refractivity contribution in [2.45, 2.75) is 33.6 Å². The van der Waals surface area contributed by atoms with E-state index in [1.54, 1.807) is 0 Å². The Bertz CT molecular complexity index is 448. The van der Waals surface area contributed by atoms with E-state index in [0.717, 1.165) is 25.9 Å². The van der Waals surface area contributed by atoms with Gasteiger partial charge in [0.2, 0.25) is 0 Å². The molecule has 1 aromatic carbocycles. The van der Waals surface area contributed by atoms with Gasteiger partial charge in [-0.05, 0) is 45.2 Å². The first kappa shape index (κ1) is 13.9. The molecule has 3 heteroatoms. The summed E-state index contributed by atoms with van der Waals surface area (Å²) in [5, 5.41) is 0. The van der Waals surface area contributed by atoms with Gasteiger partial charge < -0.3 is 9.64 Å². The van der Waals surface area contributed by atoms with Crippen LogP contribution in [0.15, 0.2) is 18.2 Å². The zero-order chi connectivity index (χ0) is 13.8. The van der Waals surface area contributed by atoms with Crippen molar-refractivity contribution in [3.05, 3.63) is 29.3 Å². The minimum absolute atomic E-state index is 0.0252. The zero-order valence-corrected chi connectivity index (χ0v) is 12.1. The van der Waals surface area contributed by atoms with Crippen molar-refractivity contribution in [3.8, 4) is 0 Å².